The smallest absolute Gasteiger partial charge is 0.232 e. The van der Waals surface area contributed by atoms with Gasteiger partial charge in [-0.1, -0.05) is 41.9 Å². The fourth-order valence-electron chi connectivity index (χ4n) is 4.10. The number of ether oxygens (including phenoxy) is 2. The number of aromatic nitrogens is 1. The lowest BCUT2D eigenvalue weighted by atomic mass is 10.0. The van der Waals surface area contributed by atoms with Gasteiger partial charge < -0.3 is 14.0 Å². The highest BCUT2D eigenvalue weighted by atomic mass is 35.5. The van der Waals surface area contributed by atoms with Crippen LogP contribution in [0.25, 0.3) is 17.0 Å². The Hall–Kier alpha value is -3.50. The molecular weight excluding hydrogens is 422 g/mol. The van der Waals surface area contributed by atoms with Crippen LogP contribution >= 0.6 is 11.6 Å². The number of halogens is 1. The third kappa shape index (κ3) is 3.67. The minimum atomic E-state index is -0.102. The molecule has 1 aromatic heterocycles. The van der Waals surface area contributed by atoms with E-state index in [1.165, 1.54) is 0 Å². The number of para-hydroxylation sites is 1. The summed E-state index contributed by atoms with van der Waals surface area (Å²) < 4.78 is 14.1. The van der Waals surface area contributed by atoms with Crippen LogP contribution in [-0.2, 0) is 13.2 Å². The van der Waals surface area contributed by atoms with Crippen molar-refractivity contribution in [2.75, 3.05) is 0 Å². The van der Waals surface area contributed by atoms with Crippen LogP contribution in [0.5, 0.6) is 11.5 Å². The van der Waals surface area contributed by atoms with E-state index in [1.54, 1.807) is 6.07 Å². The minimum Gasteiger partial charge on any atom is -0.489 e. The molecule has 4 nitrogen and oxygen atoms in total. The summed E-state index contributed by atoms with van der Waals surface area (Å²) in [7, 11) is 0. The molecule has 32 heavy (non-hydrogen) atoms. The van der Waals surface area contributed by atoms with Crippen LogP contribution in [0, 0.1) is 6.92 Å². The Morgan fingerprint density at radius 2 is 1.88 bits per heavy atom. The number of carbonyl (C=O) groups excluding carboxylic acids is 1. The molecule has 0 unspecified atom stereocenters. The van der Waals surface area contributed by atoms with E-state index in [4.69, 9.17) is 21.1 Å². The maximum atomic E-state index is 13.1. The van der Waals surface area contributed by atoms with E-state index in [-0.39, 0.29) is 5.78 Å². The SMILES string of the molecule is CCn1cc(/C=C2\Oc3cc(OCc4ccc(Cl)cc4)cc(C)c3C2=O)c2ccccc21. The van der Waals surface area contributed by atoms with Gasteiger partial charge in [0.2, 0.25) is 5.78 Å². The number of rotatable bonds is 5. The summed E-state index contributed by atoms with van der Waals surface area (Å²) in [5, 5.41) is 1.79. The van der Waals surface area contributed by atoms with Gasteiger partial charge in [-0.2, -0.15) is 0 Å². The van der Waals surface area contributed by atoms with Crippen LogP contribution in [0.15, 0.2) is 72.6 Å². The third-order valence-electron chi connectivity index (χ3n) is 5.71. The Morgan fingerprint density at radius 1 is 1.09 bits per heavy atom. The third-order valence-corrected chi connectivity index (χ3v) is 5.96. The van der Waals surface area contributed by atoms with Crippen LogP contribution in [0.4, 0.5) is 0 Å². The summed E-state index contributed by atoms with van der Waals surface area (Å²) in [5.41, 5.74) is 4.54. The molecule has 0 aliphatic carbocycles. The fraction of sp³-hybridized carbons (Fsp3) is 0.148. The second-order valence-electron chi connectivity index (χ2n) is 7.86. The molecule has 1 aliphatic heterocycles. The highest BCUT2D eigenvalue weighted by molar-refractivity contribution is 6.30. The fourth-order valence-corrected chi connectivity index (χ4v) is 4.23. The highest BCUT2D eigenvalue weighted by Crippen LogP contribution is 2.38. The molecule has 0 bridgehead atoms. The number of Topliss-reactive ketones (excluding diaryl/α,β-unsaturated/α-hetero) is 1. The summed E-state index contributed by atoms with van der Waals surface area (Å²) in [5.74, 6) is 1.42. The standard InChI is InChI=1S/C27H22ClNO3/c1-3-29-15-19(22-6-4-5-7-23(22)29)13-25-27(30)26-17(2)12-21(14-24(26)32-25)31-16-18-8-10-20(28)11-9-18/h4-15H,3,16H2,1-2H3/b25-13-. The summed E-state index contributed by atoms with van der Waals surface area (Å²) in [4.78, 5) is 13.1. The molecule has 0 radical (unpaired) electrons. The number of nitrogens with zero attached hydrogens (tertiary/aromatic N) is 1. The van der Waals surface area contributed by atoms with Gasteiger partial charge in [-0.15, -0.1) is 0 Å². The number of hydrogen-bond acceptors (Lipinski definition) is 3. The van der Waals surface area contributed by atoms with Gasteiger partial charge in [0.25, 0.3) is 0 Å². The number of aryl methyl sites for hydroxylation is 2. The zero-order valence-electron chi connectivity index (χ0n) is 17.9. The Labute approximate surface area is 191 Å². The monoisotopic (exact) mass is 443 g/mol. The molecule has 0 saturated carbocycles. The molecular formula is C27H22ClNO3. The van der Waals surface area contributed by atoms with Crippen LogP contribution in [-0.4, -0.2) is 10.4 Å². The van der Waals surface area contributed by atoms with Gasteiger partial charge in [0.05, 0.1) is 5.56 Å². The predicted molar refractivity (Wildman–Crippen MR) is 128 cm³/mol. The molecule has 0 spiro atoms. The Morgan fingerprint density at radius 3 is 2.66 bits per heavy atom. The maximum Gasteiger partial charge on any atom is 0.232 e. The molecule has 0 fully saturated rings. The number of fused-ring (bicyclic) bond motifs is 2. The van der Waals surface area contributed by atoms with Crippen LogP contribution in [0.3, 0.4) is 0 Å². The van der Waals surface area contributed by atoms with Gasteiger partial charge in [0, 0.05) is 40.3 Å². The molecule has 4 aromatic rings. The lowest BCUT2D eigenvalue weighted by Crippen LogP contribution is -2.00. The maximum absolute atomic E-state index is 13.1. The normalized spacial score (nSPS) is 14.1. The van der Waals surface area contributed by atoms with Crippen LogP contribution in [0.1, 0.15) is 34.0 Å². The lowest BCUT2D eigenvalue weighted by Gasteiger charge is -2.09. The summed E-state index contributed by atoms with van der Waals surface area (Å²) >= 11 is 5.94. The van der Waals surface area contributed by atoms with Crippen LogP contribution < -0.4 is 9.47 Å². The Kier molecular flexibility index (Phi) is 5.24. The number of carbonyl (C=O) groups is 1. The predicted octanol–water partition coefficient (Wildman–Crippen LogP) is 6.82. The van der Waals surface area contributed by atoms with E-state index in [1.807, 2.05) is 55.5 Å². The van der Waals surface area contributed by atoms with E-state index >= 15 is 0 Å². The molecule has 0 atom stereocenters. The minimum absolute atomic E-state index is 0.102. The van der Waals surface area contributed by atoms with Crippen molar-refractivity contribution in [3.63, 3.8) is 0 Å². The van der Waals surface area contributed by atoms with E-state index in [0.29, 0.717) is 34.5 Å². The van der Waals surface area contributed by atoms with Crippen molar-refractivity contribution in [1.82, 2.24) is 4.57 Å². The van der Waals surface area contributed by atoms with Crippen molar-refractivity contribution in [3.05, 3.63) is 99.9 Å². The zero-order chi connectivity index (χ0) is 22.2. The summed E-state index contributed by atoms with van der Waals surface area (Å²) in [6.07, 6.45) is 3.90. The molecule has 5 heteroatoms. The van der Waals surface area contributed by atoms with Gasteiger partial charge in [0.1, 0.15) is 18.1 Å². The molecule has 160 valence electrons. The Bertz CT molecular complexity index is 1370. The number of allylic oxidation sites excluding steroid dienone is 1. The molecule has 1 aliphatic rings. The molecule has 0 amide bonds. The van der Waals surface area contributed by atoms with E-state index in [2.05, 4.69) is 29.8 Å². The second-order valence-corrected chi connectivity index (χ2v) is 8.29. The van der Waals surface area contributed by atoms with E-state index < -0.39 is 0 Å². The van der Waals surface area contributed by atoms with E-state index in [0.717, 1.165) is 34.1 Å². The molecule has 5 rings (SSSR count). The van der Waals surface area contributed by atoms with Crippen molar-refractivity contribution in [3.8, 4) is 11.5 Å². The largest absolute Gasteiger partial charge is 0.489 e. The number of ketones is 1. The van der Waals surface area contributed by atoms with Crippen LogP contribution in [0.2, 0.25) is 5.02 Å². The van der Waals surface area contributed by atoms with Crippen molar-refractivity contribution in [2.45, 2.75) is 27.0 Å². The molecule has 3 aromatic carbocycles. The summed E-state index contributed by atoms with van der Waals surface area (Å²) in [6, 6.07) is 19.4. The van der Waals surface area contributed by atoms with Crippen molar-refractivity contribution in [1.29, 1.82) is 0 Å². The first-order valence-corrected chi connectivity index (χ1v) is 11.0. The first-order chi connectivity index (χ1) is 15.5. The number of benzene rings is 3. The second kappa shape index (κ2) is 8.21. The van der Waals surface area contributed by atoms with Gasteiger partial charge in [0.15, 0.2) is 5.76 Å². The molecule has 0 N–H and O–H groups in total. The van der Waals surface area contributed by atoms with E-state index in [9.17, 15) is 4.79 Å². The zero-order valence-corrected chi connectivity index (χ0v) is 18.6. The number of hydrogen-bond donors (Lipinski definition) is 0. The van der Waals surface area contributed by atoms with Gasteiger partial charge in [-0.3, -0.25) is 4.79 Å². The average Bonchev–Trinajstić information content (AvgIpc) is 3.31. The topological polar surface area (TPSA) is 40.5 Å². The van der Waals surface area contributed by atoms with Gasteiger partial charge in [-0.25, -0.2) is 0 Å². The summed E-state index contributed by atoms with van der Waals surface area (Å²) in [6.45, 7) is 5.27. The van der Waals surface area contributed by atoms with Crippen molar-refractivity contribution in [2.24, 2.45) is 0 Å². The molecule has 2 heterocycles. The van der Waals surface area contributed by atoms with Crippen molar-refractivity contribution >= 4 is 34.4 Å². The first-order valence-electron chi connectivity index (χ1n) is 10.6. The molecule has 0 saturated heterocycles. The Balaban J connectivity index is 1.43. The first kappa shape index (κ1) is 20.4. The quantitative estimate of drug-likeness (QED) is 0.318. The van der Waals surface area contributed by atoms with Gasteiger partial charge in [-0.05, 0) is 55.3 Å². The highest BCUT2D eigenvalue weighted by Gasteiger charge is 2.30. The lowest BCUT2D eigenvalue weighted by molar-refractivity contribution is 0.101. The van der Waals surface area contributed by atoms with Gasteiger partial charge >= 0.3 is 0 Å². The van der Waals surface area contributed by atoms with Crippen molar-refractivity contribution < 1.29 is 14.3 Å². The average molecular weight is 444 g/mol.